The zero-order chi connectivity index (χ0) is 17.7. The van der Waals surface area contributed by atoms with Crippen LogP contribution in [-0.4, -0.2) is 25.2 Å². The van der Waals surface area contributed by atoms with E-state index < -0.39 is 5.97 Å². The zero-order valence-electron chi connectivity index (χ0n) is 14.6. The molecule has 24 heavy (non-hydrogen) atoms. The first-order chi connectivity index (χ1) is 11.4. The van der Waals surface area contributed by atoms with Gasteiger partial charge in [0, 0.05) is 31.4 Å². The Kier molecular flexibility index (Phi) is 5.59. The van der Waals surface area contributed by atoms with Crippen molar-refractivity contribution >= 4 is 23.3 Å². The minimum Gasteiger partial charge on any atom is -0.478 e. The van der Waals surface area contributed by atoms with Gasteiger partial charge < -0.3 is 10.0 Å². The van der Waals surface area contributed by atoms with E-state index >= 15 is 0 Å². The molecule has 0 heterocycles. The Balaban J connectivity index is 2.51. The van der Waals surface area contributed by atoms with Gasteiger partial charge in [0.2, 0.25) is 0 Å². The van der Waals surface area contributed by atoms with E-state index in [9.17, 15) is 4.79 Å². The normalized spacial score (nSPS) is 11.8. The summed E-state index contributed by atoms with van der Waals surface area (Å²) in [6.45, 7) is 4.11. The molecule has 2 rings (SSSR count). The van der Waals surface area contributed by atoms with Crippen molar-refractivity contribution in [3.8, 4) is 0 Å². The maximum atomic E-state index is 10.7. The minimum absolute atomic E-state index is 0.865. The molecule has 0 aliphatic heterocycles. The van der Waals surface area contributed by atoms with E-state index in [2.05, 4.69) is 37.3 Å². The van der Waals surface area contributed by atoms with Crippen molar-refractivity contribution in [1.82, 2.24) is 0 Å². The van der Waals surface area contributed by atoms with Gasteiger partial charge in [-0.05, 0) is 42.7 Å². The van der Waals surface area contributed by atoms with Gasteiger partial charge >= 0.3 is 5.97 Å². The van der Waals surface area contributed by atoms with E-state index in [-0.39, 0.29) is 0 Å². The molecule has 0 amide bonds. The second-order valence-corrected chi connectivity index (χ2v) is 5.91. The Bertz CT molecular complexity index is 784. The minimum atomic E-state index is -0.945. The predicted molar refractivity (Wildman–Crippen MR) is 101 cm³/mol. The van der Waals surface area contributed by atoms with Gasteiger partial charge in [-0.2, -0.15) is 0 Å². The third-order valence-electron chi connectivity index (χ3n) is 3.86. The summed E-state index contributed by atoms with van der Waals surface area (Å²) in [6, 6.07) is 14.5. The van der Waals surface area contributed by atoms with Crippen LogP contribution in [0.1, 0.15) is 29.2 Å². The fourth-order valence-electron chi connectivity index (χ4n) is 2.63. The molecule has 0 fully saturated rings. The van der Waals surface area contributed by atoms with Crippen molar-refractivity contribution in [2.45, 2.75) is 13.8 Å². The van der Waals surface area contributed by atoms with Gasteiger partial charge in [-0.3, -0.25) is 0 Å². The second-order valence-electron chi connectivity index (χ2n) is 5.91. The second kappa shape index (κ2) is 7.64. The highest BCUT2D eigenvalue weighted by Gasteiger charge is 2.11. The van der Waals surface area contributed by atoms with Crippen LogP contribution in [0, 0.1) is 6.92 Å². The van der Waals surface area contributed by atoms with Gasteiger partial charge in [-0.15, -0.1) is 0 Å². The summed E-state index contributed by atoms with van der Waals surface area (Å²) in [5.41, 5.74) is 6.60. The lowest BCUT2D eigenvalue weighted by Crippen LogP contribution is -2.11. The van der Waals surface area contributed by atoms with E-state index in [0.29, 0.717) is 0 Å². The molecule has 0 aliphatic carbocycles. The Labute approximate surface area is 143 Å². The number of benzene rings is 2. The van der Waals surface area contributed by atoms with Crippen molar-refractivity contribution in [3.05, 3.63) is 76.9 Å². The third kappa shape index (κ3) is 4.13. The Morgan fingerprint density at radius 1 is 1.08 bits per heavy atom. The maximum absolute atomic E-state index is 10.7. The van der Waals surface area contributed by atoms with Crippen LogP contribution in [0.5, 0.6) is 0 Å². The Hall–Kier alpha value is -2.81. The highest BCUT2D eigenvalue weighted by atomic mass is 16.4. The Morgan fingerprint density at radius 2 is 1.75 bits per heavy atom. The summed E-state index contributed by atoms with van der Waals surface area (Å²) in [4.78, 5) is 12.8. The van der Waals surface area contributed by atoms with Crippen molar-refractivity contribution in [3.63, 3.8) is 0 Å². The number of allylic oxidation sites excluding steroid dienone is 1. The van der Waals surface area contributed by atoms with Gasteiger partial charge in [-0.25, -0.2) is 4.79 Å². The molecule has 124 valence electrons. The van der Waals surface area contributed by atoms with Gasteiger partial charge in [-0.1, -0.05) is 48.0 Å². The highest BCUT2D eigenvalue weighted by Crippen LogP contribution is 2.32. The van der Waals surface area contributed by atoms with Crippen LogP contribution < -0.4 is 4.90 Å². The monoisotopic (exact) mass is 321 g/mol. The van der Waals surface area contributed by atoms with Crippen molar-refractivity contribution in [2.75, 3.05) is 19.0 Å². The summed E-state index contributed by atoms with van der Waals surface area (Å²) in [6.07, 6.45) is 4.88. The number of carbonyl (C=O) groups is 1. The molecule has 0 aliphatic rings. The molecule has 0 aromatic heterocycles. The largest absolute Gasteiger partial charge is 0.478 e. The van der Waals surface area contributed by atoms with Crippen LogP contribution >= 0.6 is 0 Å². The lowest BCUT2D eigenvalue weighted by molar-refractivity contribution is -0.131. The van der Waals surface area contributed by atoms with Crippen LogP contribution in [0.15, 0.2) is 54.6 Å². The zero-order valence-corrected chi connectivity index (χ0v) is 14.6. The number of aryl methyl sites for hydroxylation is 1. The number of aliphatic carboxylic acids is 1. The molecule has 0 spiro atoms. The van der Waals surface area contributed by atoms with E-state index in [1.807, 2.05) is 44.1 Å². The molecule has 0 saturated heterocycles. The number of hydrogen-bond donors (Lipinski definition) is 1. The first-order valence-corrected chi connectivity index (χ1v) is 7.88. The van der Waals surface area contributed by atoms with Gasteiger partial charge in [0.1, 0.15) is 0 Å². The predicted octanol–water partition coefficient (Wildman–Crippen LogP) is 4.61. The van der Waals surface area contributed by atoms with Crippen LogP contribution in [0.4, 0.5) is 5.69 Å². The maximum Gasteiger partial charge on any atom is 0.328 e. The molecule has 0 bridgehead atoms. The number of carboxylic acids is 1. The van der Waals surface area contributed by atoms with E-state index in [1.54, 1.807) is 6.08 Å². The van der Waals surface area contributed by atoms with Crippen molar-refractivity contribution in [2.24, 2.45) is 0 Å². The SMILES string of the molecule is CC=C(c1ccc(C)cc1)c1ccc(C=CC(=O)O)cc1N(C)C. The lowest BCUT2D eigenvalue weighted by atomic mass is 9.94. The topological polar surface area (TPSA) is 40.5 Å². The standard InChI is InChI=1S/C21H23NO2/c1-5-18(17-10-6-15(2)7-11-17)19-12-8-16(9-13-21(23)24)14-20(19)22(3)4/h5-14H,1-4H3,(H,23,24). The fourth-order valence-corrected chi connectivity index (χ4v) is 2.63. The van der Waals surface area contributed by atoms with Crippen molar-refractivity contribution in [1.29, 1.82) is 0 Å². The fraction of sp³-hybridized carbons (Fsp3) is 0.190. The molecule has 0 unspecified atom stereocenters. The summed E-state index contributed by atoms with van der Waals surface area (Å²) < 4.78 is 0. The lowest BCUT2D eigenvalue weighted by Gasteiger charge is -2.20. The number of hydrogen-bond acceptors (Lipinski definition) is 2. The van der Waals surface area contributed by atoms with Gasteiger partial charge in [0.05, 0.1) is 0 Å². The summed E-state index contributed by atoms with van der Waals surface area (Å²) in [5, 5.41) is 8.80. The molecule has 2 aromatic carbocycles. The van der Waals surface area contributed by atoms with Crippen molar-refractivity contribution < 1.29 is 9.90 Å². The molecule has 2 aromatic rings. The first kappa shape index (κ1) is 17.5. The summed E-state index contributed by atoms with van der Waals surface area (Å²) in [7, 11) is 3.98. The van der Waals surface area contributed by atoms with Crippen LogP contribution in [0.3, 0.4) is 0 Å². The molecule has 1 N–H and O–H groups in total. The quantitative estimate of drug-likeness (QED) is 0.818. The third-order valence-corrected chi connectivity index (χ3v) is 3.86. The van der Waals surface area contributed by atoms with Crippen LogP contribution in [0.25, 0.3) is 11.6 Å². The molecule has 3 heteroatoms. The van der Waals surface area contributed by atoms with E-state index in [4.69, 9.17) is 5.11 Å². The molecule has 0 saturated carbocycles. The first-order valence-electron chi connectivity index (χ1n) is 7.88. The van der Waals surface area contributed by atoms with Crippen LogP contribution in [-0.2, 0) is 4.79 Å². The molecule has 3 nitrogen and oxygen atoms in total. The number of rotatable bonds is 5. The molecular weight excluding hydrogens is 298 g/mol. The summed E-state index contributed by atoms with van der Waals surface area (Å²) >= 11 is 0. The molecule has 0 radical (unpaired) electrons. The number of anilines is 1. The number of nitrogens with zero attached hydrogens (tertiary/aromatic N) is 1. The van der Waals surface area contributed by atoms with Crippen LogP contribution in [0.2, 0.25) is 0 Å². The highest BCUT2D eigenvalue weighted by molar-refractivity contribution is 5.89. The van der Waals surface area contributed by atoms with E-state index in [0.717, 1.165) is 28.5 Å². The van der Waals surface area contributed by atoms with Gasteiger partial charge in [0.15, 0.2) is 0 Å². The van der Waals surface area contributed by atoms with E-state index in [1.165, 1.54) is 11.1 Å². The smallest absolute Gasteiger partial charge is 0.328 e. The summed E-state index contributed by atoms with van der Waals surface area (Å²) in [5.74, 6) is -0.945. The average molecular weight is 321 g/mol. The number of carboxylic acid groups (broad SMARTS) is 1. The molecule has 0 atom stereocenters. The molecular formula is C21H23NO2. The Morgan fingerprint density at radius 3 is 2.29 bits per heavy atom. The average Bonchev–Trinajstić information content (AvgIpc) is 2.55. The van der Waals surface area contributed by atoms with Gasteiger partial charge in [0.25, 0.3) is 0 Å².